The second kappa shape index (κ2) is 11.5. The summed E-state index contributed by atoms with van der Waals surface area (Å²) in [5.74, 6) is -0.160. The number of rotatable bonds is 9. The molecule has 0 fully saturated rings. The lowest BCUT2D eigenvalue weighted by Gasteiger charge is -2.12. The van der Waals surface area contributed by atoms with Gasteiger partial charge in [0.2, 0.25) is 0 Å². The van der Waals surface area contributed by atoms with Gasteiger partial charge < -0.3 is 20.1 Å². The van der Waals surface area contributed by atoms with Gasteiger partial charge in [-0.2, -0.15) is 0 Å². The fourth-order valence-electron chi connectivity index (χ4n) is 3.09. The van der Waals surface area contributed by atoms with Crippen molar-refractivity contribution in [3.63, 3.8) is 0 Å². The van der Waals surface area contributed by atoms with Crippen molar-refractivity contribution >= 4 is 52.1 Å². The van der Waals surface area contributed by atoms with Crippen LogP contribution in [-0.4, -0.2) is 30.0 Å². The molecule has 35 heavy (non-hydrogen) atoms. The molecule has 0 atom stereocenters. The number of nitro benzene ring substituents is 1. The molecule has 0 bridgehead atoms. The number of aryl methyl sites for hydroxylation is 2. The molecule has 0 radical (unpaired) electrons. The fraction of sp³-hybridized carbons (Fsp3) is 0.167. The number of hydrogen-bond donors (Lipinski definition) is 2. The van der Waals surface area contributed by atoms with Crippen LogP contribution in [0, 0.1) is 24.0 Å². The maximum atomic E-state index is 12.4. The number of halogens is 2. The number of amides is 2. The number of anilines is 2. The lowest BCUT2D eigenvalue weighted by Crippen LogP contribution is -2.22. The lowest BCUT2D eigenvalue weighted by atomic mass is 10.2. The smallest absolute Gasteiger partial charge is 0.292 e. The van der Waals surface area contributed by atoms with E-state index in [1.165, 1.54) is 18.2 Å². The number of benzene rings is 3. The summed E-state index contributed by atoms with van der Waals surface area (Å²) in [4.78, 5) is 35.5. The molecule has 0 aliphatic heterocycles. The molecule has 3 aromatic rings. The van der Waals surface area contributed by atoms with E-state index in [9.17, 15) is 19.7 Å². The van der Waals surface area contributed by atoms with Gasteiger partial charge >= 0.3 is 0 Å². The molecule has 0 aromatic heterocycles. The molecule has 0 heterocycles. The van der Waals surface area contributed by atoms with Crippen LogP contribution in [0.4, 0.5) is 17.1 Å². The average Bonchev–Trinajstić information content (AvgIpc) is 2.78. The lowest BCUT2D eigenvalue weighted by molar-refractivity contribution is -0.383. The SMILES string of the molecule is Cc1cc(Cl)ccc1OCC(=O)Nc1ccc([N+](=O)[O-])c(NC(=O)COc2ccc(Cl)cc2C)c1. The van der Waals surface area contributed by atoms with Crippen LogP contribution in [0.1, 0.15) is 11.1 Å². The van der Waals surface area contributed by atoms with Gasteiger partial charge in [0.1, 0.15) is 17.2 Å². The van der Waals surface area contributed by atoms with Crippen LogP contribution < -0.4 is 20.1 Å². The number of hydrogen-bond acceptors (Lipinski definition) is 6. The van der Waals surface area contributed by atoms with Crippen molar-refractivity contribution in [1.29, 1.82) is 0 Å². The van der Waals surface area contributed by atoms with E-state index in [0.717, 1.165) is 11.1 Å². The van der Waals surface area contributed by atoms with Gasteiger partial charge in [0.05, 0.1) is 4.92 Å². The molecular formula is C24H21Cl2N3O6. The van der Waals surface area contributed by atoms with E-state index in [4.69, 9.17) is 32.7 Å². The quantitative estimate of drug-likeness (QED) is 0.283. The molecule has 2 amide bonds. The van der Waals surface area contributed by atoms with Crippen molar-refractivity contribution in [3.05, 3.63) is 85.9 Å². The van der Waals surface area contributed by atoms with E-state index >= 15 is 0 Å². The Bertz CT molecular complexity index is 1280. The van der Waals surface area contributed by atoms with Crippen molar-refractivity contribution in [2.24, 2.45) is 0 Å². The molecule has 2 N–H and O–H groups in total. The topological polar surface area (TPSA) is 120 Å². The number of nitro groups is 1. The summed E-state index contributed by atoms with van der Waals surface area (Å²) in [5.41, 5.74) is 1.30. The molecule has 0 aliphatic rings. The minimum atomic E-state index is -0.641. The van der Waals surface area contributed by atoms with Gasteiger partial charge in [-0.25, -0.2) is 0 Å². The summed E-state index contributed by atoms with van der Waals surface area (Å²) in [6, 6.07) is 13.8. The third-order valence-corrected chi connectivity index (χ3v) is 5.21. The highest BCUT2D eigenvalue weighted by Crippen LogP contribution is 2.28. The van der Waals surface area contributed by atoms with Gasteiger partial charge in [0, 0.05) is 21.8 Å². The molecule has 0 spiro atoms. The van der Waals surface area contributed by atoms with Crippen LogP contribution in [0.25, 0.3) is 0 Å². The highest BCUT2D eigenvalue weighted by molar-refractivity contribution is 6.31. The second-order valence-electron chi connectivity index (χ2n) is 7.48. The largest absolute Gasteiger partial charge is 0.483 e. The Balaban J connectivity index is 1.64. The molecule has 3 rings (SSSR count). The Labute approximate surface area is 211 Å². The van der Waals surface area contributed by atoms with E-state index in [0.29, 0.717) is 21.5 Å². The number of carbonyl (C=O) groups is 2. The maximum Gasteiger partial charge on any atom is 0.292 e. The molecule has 3 aromatic carbocycles. The standard InChI is InChI=1S/C24H21Cl2N3O6/c1-14-9-16(25)3-7-21(14)34-12-23(30)27-18-5-6-20(29(32)33)19(11-18)28-24(31)13-35-22-8-4-17(26)10-15(22)2/h3-11H,12-13H2,1-2H3,(H,27,30)(H,28,31). The van der Waals surface area contributed by atoms with Gasteiger partial charge in [-0.15, -0.1) is 0 Å². The third kappa shape index (κ3) is 7.33. The van der Waals surface area contributed by atoms with Crippen LogP contribution in [-0.2, 0) is 9.59 Å². The van der Waals surface area contributed by atoms with Crippen molar-refractivity contribution in [2.45, 2.75) is 13.8 Å². The molecule has 0 saturated carbocycles. The highest BCUT2D eigenvalue weighted by atomic mass is 35.5. The van der Waals surface area contributed by atoms with Crippen molar-refractivity contribution < 1.29 is 24.0 Å². The summed E-state index contributed by atoms with van der Waals surface area (Å²) in [5, 5.41) is 17.5. The molecule has 0 saturated heterocycles. The molecule has 182 valence electrons. The first kappa shape index (κ1) is 25.8. The van der Waals surface area contributed by atoms with Crippen LogP contribution in [0.2, 0.25) is 10.0 Å². The molecule has 0 unspecified atom stereocenters. The number of carbonyl (C=O) groups excluding carboxylic acids is 2. The van der Waals surface area contributed by atoms with E-state index in [-0.39, 0.29) is 30.3 Å². The molecule has 0 aliphatic carbocycles. The first-order chi connectivity index (χ1) is 16.6. The number of nitrogens with one attached hydrogen (secondary N) is 2. The monoisotopic (exact) mass is 517 g/mol. The Hall–Kier alpha value is -3.82. The summed E-state index contributed by atoms with van der Waals surface area (Å²) >= 11 is 11.8. The zero-order chi connectivity index (χ0) is 25.5. The summed E-state index contributed by atoms with van der Waals surface area (Å²) in [7, 11) is 0. The molecule has 9 nitrogen and oxygen atoms in total. The van der Waals surface area contributed by atoms with Gasteiger partial charge in [-0.05, 0) is 73.5 Å². The Morgan fingerprint density at radius 3 is 1.83 bits per heavy atom. The Morgan fingerprint density at radius 1 is 0.829 bits per heavy atom. The van der Waals surface area contributed by atoms with Gasteiger partial charge in [-0.1, -0.05) is 23.2 Å². The first-order valence-corrected chi connectivity index (χ1v) is 11.0. The minimum Gasteiger partial charge on any atom is -0.483 e. The van der Waals surface area contributed by atoms with E-state index in [1.807, 2.05) is 0 Å². The summed E-state index contributed by atoms with van der Waals surface area (Å²) in [6.07, 6.45) is 0. The molecule has 11 heteroatoms. The van der Waals surface area contributed by atoms with Gasteiger partial charge in [0.25, 0.3) is 17.5 Å². The normalized spacial score (nSPS) is 10.4. The summed E-state index contributed by atoms with van der Waals surface area (Å²) < 4.78 is 11.0. The van der Waals surface area contributed by atoms with Crippen molar-refractivity contribution in [3.8, 4) is 11.5 Å². The third-order valence-electron chi connectivity index (χ3n) is 4.74. The maximum absolute atomic E-state index is 12.4. The Morgan fingerprint density at radius 2 is 1.34 bits per heavy atom. The first-order valence-electron chi connectivity index (χ1n) is 10.3. The highest BCUT2D eigenvalue weighted by Gasteiger charge is 2.18. The van der Waals surface area contributed by atoms with Gasteiger partial charge in [0.15, 0.2) is 13.2 Å². The van der Waals surface area contributed by atoms with Gasteiger partial charge in [-0.3, -0.25) is 19.7 Å². The average molecular weight is 518 g/mol. The van der Waals surface area contributed by atoms with Crippen LogP contribution in [0.5, 0.6) is 11.5 Å². The van der Waals surface area contributed by atoms with E-state index in [1.54, 1.807) is 50.2 Å². The van der Waals surface area contributed by atoms with E-state index < -0.39 is 16.7 Å². The van der Waals surface area contributed by atoms with Crippen molar-refractivity contribution in [1.82, 2.24) is 0 Å². The predicted octanol–water partition coefficient (Wildman–Crippen LogP) is 5.55. The van der Waals surface area contributed by atoms with Crippen molar-refractivity contribution in [2.75, 3.05) is 23.8 Å². The zero-order valence-electron chi connectivity index (χ0n) is 18.8. The number of ether oxygens (including phenoxy) is 2. The van der Waals surface area contributed by atoms with Crippen LogP contribution in [0.15, 0.2) is 54.6 Å². The van der Waals surface area contributed by atoms with Crippen LogP contribution in [0.3, 0.4) is 0 Å². The number of nitrogens with zero attached hydrogens (tertiary/aromatic N) is 1. The fourth-order valence-corrected chi connectivity index (χ4v) is 3.55. The second-order valence-corrected chi connectivity index (χ2v) is 8.36. The summed E-state index contributed by atoms with van der Waals surface area (Å²) in [6.45, 7) is 2.89. The van der Waals surface area contributed by atoms with Crippen LogP contribution >= 0.6 is 23.2 Å². The zero-order valence-corrected chi connectivity index (χ0v) is 20.3. The molecular weight excluding hydrogens is 497 g/mol. The Kier molecular flexibility index (Phi) is 8.51. The minimum absolute atomic E-state index is 0.0938. The van der Waals surface area contributed by atoms with E-state index in [2.05, 4.69) is 10.6 Å². The predicted molar refractivity (Wildman–Crippen MR) is 134 cm³/mol.